The van der Waals surface area contributed by atoms with E-state index in [0.717, 1.165) is 33.2 Å². The van der Waals surface area contributed by atoms with E-state index >= 15 is 0 Å². The lowest BCUT2D eigenvalue weighted by Gasteiger charge is -2.24. The van der Waals surface area contributed by atoms with Crippen molar-refractivity contribution in [3.05, 3.63) is 81.1 Å². The molecule has 4 nitrogen and oxygen atoms in total. The van der Waals surface area contributed by atoms with Crippen LogP contribution in [-0.4, -0.2) is 21.5 Å². The van der Waals surface area contributed by atoms with Gasteiger partial charge in [-0.05, 0) is 18.1 Å². The number of carbonyl (C=O) groups is 2. The SMILES string of the molecule is CC(C)c1[nH]c2ccccc2c1C1=C(Cl)C(=O)C(c2c(C(C)(C)C)[nH]c3ccccc23)=C(Cl)C1=O. The summed E-state index contributed by atoms with van der Waals surface area (Å²) in [6.45, 7) is 10.2. The monoisotopic (exact) mass is 504 g/mol. The summed E-state index contributed by atoms with van der Waals surface area (Å²) in [5.41, 5.74) is 4.67. The second-order valence-electron chi connectivity index (χ2n) is 10.3. The number of H-pyrrole nitrogens is 2. The molecule has 0 unspecified atom stereocenters. The molecule has 2 N–H and O–H groups in total. The van der Waals surface area contributed by atoms with E-state index in [4.69, 9.17) is 23.2 Å². The molecule has 5 rings (SSSR count). The zero-order valence-corrected chi connectivity index (χ0v) is 21.8. The Morgan fingerprint density at radius 3 is 1.69 bits per heavy atom. The quantitative estimate of drug-likeness (QED) is 0.279. The number of para-hydroxylation sites is 2. The zero-order valence-electron chi connectivity index (χ0n) is 20.3. The van der Waals surface area contributed by atoms with Gasteiger partial charge in [0.2, 0.25) is 11.6 Å². The molecule has 178 valence electrons. The molecule has 0 saturated heterocycles. The Morgan fingerprint density at radius 1 is 0.714 bits per heavy atom. The van der Waals surface area contributed by atoms with E-state index in [1.807, 2.05) is 62.4 Å². The molecule has 0 radical (unpaired) electrons. The third-order valence-electron chi connectivity index (χ3n) is 6.56. The second-order valence-corrected chi connectivity index (χ2v) is 11.1. The maximum atomic E-state index is 13.9. The summed E-state index contributed by atoms with van der Waals surface area (Å²) in [6.07, 6.45) is 0. The number of hydrogen-bond donors (Lipinski definition) is 2. The van der Waals surface area contributed by atoms with Crippen molar-refractivity contribution in [2.45, 2.75) is 46.0 Å². The highest BCUT2D eigenvalue weighted by Crippen LogP contribution is 2.46. The molecule has 1 aliphatic rings. The topological polar surface area (TPSA) is 65.7 Å². The lowest BCUT2D eigenvalue weighted by Crippen LogP contribution is -2.22. The summed E-state index contributed by atoms with van der Waals surface area (Å²) in [5, 5.41) is 1.45. The van der Waals surface area contributed by atoms with Crippen LogP contribution in [-0.2, 0) is 15.0 Å². The van der Waals surface area contributed by atoms with Crippen LogP contribution in [0.25, 0.3) is 33.0 Å². The van der Waals surface area contributed by atoms with E-state index in [1.54, 1.807) is 0 Å². The Morgan fingerprint density at radius 2 is 1.17 bits per heavy atom. The third-order valence-corrected chi connectivity index (χ3v) is 7.28. The maximum absolute atomic E-state index is 13.9. The van der Waals surface area contributed by atoms with Crippen molar-refractivity contribution < 1.29 is 9.59 Å². The summed E-state index contributed by atoms with van der Waals surface area (Å²) >= 11 is 13.6. The van der Waals surface area contributed by atoms with Gasteiger partial charge in [-0.3, -0.25) is 9.59 Å². The van der Waals surface area contributed by atoms with E-state index in [0.29, 0.717) is 11.1 Å². The van der Waals surface area contributed by atoms with Crippen LogP contribution in [0.5, 0.6) is 0 Å². The van der Waals surface area contributed by atoms with Crippen LogP contribution >= 0.6 is 23.2 Å². The minimum absolute atomic E-state index is 0.0718. The molecule has 0 saturated carbocycles. The molecule has 0 aliphatic heterocycles. The average Bonchev–Trinajstić information content (AvgIpc) is 3.38. The predicted molar refractivity (Wildman–Crippen MR) is 145 cm³/mol. The number of carbonyl (C=O) groups excluding carboxylic acids is 2. The first-order chi connectivity index (χ1) is 16.5. The second kappa shape index (κ2) is 8.25. The predicted octanol–water partition coefficient (Wildman–Crippen LogP) is 7.82. The number of ketones is 2. The number of allylic oxidation sites excluding steroid dienone is 4. The van der Waals surface area contributed by atoms with Gasteiger partial charge in [0.1, 0.15) is 10.1 Å². The lowest BCUT2D eigenvalue weighted by molar-refractivity contribution is -0.113. The zero-order chi connectivity index (χ0) is 25.2. The van der Waals surface area contributed by atoms with E-state index in [1.165, 1.54) is 0 Å². The van der Waals surface area contributed by atoms with E-state index in [2.05, 4.69) is 30.7 Å². The van der Waals surface area contributed by atoms with Crippen molar-refractivity contribution >= 4 is 67.7 Å². The van der Waals surface area contributed by atoms with Crippen molar-refractivity contribution in [1.29, 1.82) is 0 Å². The Balaban J connectivity index is 1.79. The first-order valence-corrected chi connectivity index (χ1v) is 12.4. The summed E-state index contributed by atoms with van der Waals surface area (Å²) in [5.74, 6) is -0.813. The summed E-state index contributed by atoms with van der Waals surface area (Å²) in [6, 6.07) is 15.4. The Labute approximate surface area is 214 Å². The summed E-state index contributed by atoms with van der Waals surface area (Å²) in [7, 11) is 0. The molecule has 0 bridgehead atoms. The molecule has 35 heavy (non-hydrogen) atoms. The molecule has 4 aromatic rings. The minimum Gasteiger partial charge on any atom is -0.358 e. The van der Waals surface area contributed by atoms with Gasteiger partial charge < -0.3 is 9.97 Å². The molecule has 2 heterocycles. The first-order valence-electron chi connectivity index (χ1n) is 11.6. The van der Waals surface area contributed by atoms with Crippen LogP contribution in [0.2, 0.25) is 0 Å². The molecular formula is C29H26Cl2N2O2. The first kappa shape index (κ1) is 23.7. The number of fused-ring (bicyclic) bond motifs is 2. The Bertz CT molecular complexity index is 1610. The van der Waals surface area contributed by atoms with Gasteiger partial charge in [0, 0.05) is 49.7 Å². The van der Waals surface area contributed by atoms with Gasteiger partial charge in [-0.15, -0.1) is 0 Å². The summed E-state index contributed by atoms with van der Waals surface area (Å²) in [4.78, 5) is 34.7. The van der Waals surface area contributed by atoms with Crippen LogP contribution in [0.4, 0.5) is 0 Å². The van der Waals surface area contributed by atoms with Crippen LogP contribution in [0.15, 0.2) is 58.6 Å². The number of benzene rings is 2. The third kappa shape index (κ3) is 3.59. The van der Waals surface area contributed by atoms with Crippen LogP contribution in [0.3, 0.4) is 0 Å². The fraction of sp³-hybridized carbons (Fsp3) is 0.241. The number of Topliss-reactive ketones (excluding diaryl/α,β-unsaturated/α-hetero) is 2. The number of nitrogens with one attached hydrogen (secondary N) is 2. The van der Waals surface area contributed by atoms with Gasteiger partial charge in [-0.1, -0.05) is 94.2 Å². The van der Waals surface area contributed by atoms with Crippen molar-refractivity contribution in [3.8, 4) is 0 Å². The Hall–Kier alpha value is -3.08. The molecule has 0 spiro atoms. The molecule has 0 atom stereocenters. The van der Waals surface area contributed by atoms with E-state index < -0.39 is 11.6 Å². The van der Waals surface area contributed by atoms with Gasteiger partial charge in [0.15, 0.2) is 0 Å². The number of aromatic amines is 2. The van der Waals surface area contributed by atoms with Crippen molar-refractivity contribution in [2.24, 2.45) is 0 Å². The van der Waals surface area contributed by atoms with E-state index in [9.17, 15) is 9.59 Å². The molecular weight excluding hydrogens is 479 g/mol. The highest BCUT2D eigenvalue weighted by molar-refractivity contribution is 6.68. The Kier molecular flexibility index (Phi) is 5.58. The highest BCUT2D eigenvalue weighted by atomic mass is 35.5. The van der Waals surface area contributed by atoms with Gasteiger partial charge in [0.05, 0.1) is 11.1 Å². The fourth-order valence-corrected chi connectivity index (χ4v) is 5.47. The number of hydrogen-bond acceptors (Lipinski definition) is 2. The molecule has 6 heteroatoms. The van der Waals surface area contributed by atoms with Crippen molar-refractivity contribution in [2.75, 3.05) is 0 Å². The smallest absolute Gasteiger partial charge is 0.207 e. The molecule has 0 fully saturated rings. The lowest BCUT2D eigenvalue weighted by atomic mass is 9.81. The largest absolute Gasteiger partial charge is 0.358 e. The molecule has 1 aliphatic carbocycles. The van der Waals surface area contributed by atoms with Crippen LogP contribution in [0.1, 0.15) is 63.1 Å². The minimum atomic E-state index is -0.443. The van der Waals surface area contributed by atoms with Crippen molar-refractivity contribution in [1.82, 2.24) is 9.97 Å². The van der Waals surface area contributed by atoms with Gasteiger partial charge in [-0.25, -0.2) is 0 Å². The molecule has 2 aromatic carbocycles. The van der Waals surface area contributed by atoms with Crippen LogP contribution < -0.4 is 0 Å². The van der Waals surface area contributed by atoms with Gasteiger partial charge >= 0.3 is 0 Å². The highest BCUT2D eigenvalue weighted by Gasteiger charge is 2.39. The number of rotatable bonds is 3. The van der Waals surface area contributed by atoms with Crippen molar-refractivity contribution in [3.63, 3.8) is 0 Å². The normalized spacial score (nSPS) is 15.4. The fourth-order valence-electron chi connectivity index (χ4n) is 4.92. The average molecular weight is 505 g/mol. The standard InChI is InChI=1S/C29H26Cl2N2O2/c1-14(2)25-19(15-10-6-8-12-17(15)32-25)21-23(30)27(35)22(24(31)26(21)34)20-16-11-7-9-13-18(16)33-28(20)29(3,4)5/h6-14,32-33H,1-5H3. The van der Waals surface area contributed by atoms with Gasteiger partial charge in [0.25, 0.3) is 0 Å². The maximum Gasteiger partial charge on any atom is 0.207 e. The van der Waals surface area contributed by atoms with E-state index in [-0.39, 0.29) is 32.5 Å². The van der Waals surface area contributed by atoms with Crippen LogP contribution in [0, 0.1) is 0 Å². The summed E-state index contributed by atoms with van der Waals surface area (Å²) < 4.78 is 0. The molecule has 2 aromatic heterocycles. The number of aromatic nitrogens is 2. The van der Waals surface area contributed by atoms with Gasteiger partial charge in [-0.2, -0.15) is 0 Å². The molecule has 0 amide bonds. The number of halogens is 2.